The van der Waals surface area contributed by atoms with Gasteiger partial charge in [-0.05, 0) is 66.1 Å². The maximum absolute atomic E-state index is 13.9. The van der Waals surface area contributed by atoms with Crippen molar-refractivity contribution in [1.82, 2.24) is 14.5 Å². The molecule has 0 aliphatic carbocycles. The van der Waals surface area contributed by atoms with E-state index in [-0.39, 0.29) is 35.6 Å². The number of nitrogens with one attached hydrogen (secondary N) is 1. The highest BCUT2D eigenvalue weighted by Crippen LogP contribution is 2.27. The molecule has 1 N–H and O–H groups in total. The molecule has 0 aromatic heterocycles. The predicted octanol–water partition coefficient (Wildman–Crippen LogP) is 4.95. The van der Waals surface area contributed by atoms with Crippen LogP contribution in [0.5, 0.6) is 5.75 Å². The normalized spacial score (nSPS) is 14.5. The van der Waals surface area contributed by atoms with E-state index in [0.717, 1.165) is 29.5 Å². The Kier molecular flexibility index (Phi) is 10.8. The standard InChI is InChI=1S/C33H41N3O5S/c1-25(2)23-34-33(38)32(28-9-5-4-6-10-28)36(24-27-11-16-29(41-3)17-12-27)31(37)20-15-26-13-18-30(19-14-26)42(39,40)35-21-7-8-22-35/h4-6,9-14,16-19,25,32H,7-8,15,20-24H2,1-3H3,(H,34,38)/t32-/m1/s1. The Bertz CT molecular complexity index is 1420. The van der Waals surface area contributed by atoms with Crippen LogP contribution in [0.25, 0.3) is 0 Å². The first-order chi connectivity index (χ1) is 20.2. The molecule has 3 aromatic carbocycles. The topological polar surface area (TPSA) is 96.0 Å². The van der Waals surface area contributed by atoms with Crippen LogP contribution in [0, 0.1) is 5.92 Å². The third kappa shape index (κ3) is 7.98. The smallest absolute Gasteiger partial charge is 0.247 e. The van der Waals surface area contributed by atoms with Gasteiger partial charge in [-0.2, -0.15) is 4.31 Å². The second kappa shape index (κ2) is 14.5. The molecular weight excluding hydrogens is 550 g/mol. The van der Waals surface area contributed by atoms with Crippen LogP contribution in [0.15, 0.2) is 83.8 Å². The molecule has 0 bridgehead atoms. The largest absolute Gasteiger partial charge is 0.497 e. The van der Waals surface area contributed by atoms with Crippen LogP contribution in [-0.2, 0) is 32.6 Å². The number of sulfonamides is 1. The summed E-state index contributed by atoms with van der Waals surface area (Å²) in [6, 6.07) is 22.8. The first kappa shape index (κ1) is 31.3. The number of rotatable bonds is 13. The van der Waals surface area contributed by atoms with Crippen molar-refractivity contribution in [3.8, 4) is 5.75 Å². The highest BCUT2D eigenvalue weighted by Gasteiger charge is 2.32. The highest BCUT2D eigenvalue weighted by atomic mass is 32.2. The summed E-state index contributed by atoms with van der Waals surface area (Å²) in [4.78, 5) is 29.4. The van der Waals surface area contributed by atoms with Crippen molar-refractivity contribution in [2.45, 2.75) is 57.0 Å². The van der Waals surface area contributed by atoms with Crippen molar-refractivity contribution in [3.63, 3.8) is 0 Å². The van der Waals surface area contributed by atoms with Gasteiger partial charge in [0.1, 0.15) is 11.8 Å². The summed E-state index contributed by atoms with van der Waals surface area (Å²) in [7, 11) is -1.90. The Labute approximate surface area is 249 Å². The van der Waals surface area contributed by atoms with Crippen LogP contribution in [0.3, 0.4) is 0 Å². The Morgan fingerprint density at radius 1 is 0.905 bits per heavy atom. The van der Waals surface area contributed by atoms with Gasteiger partial charge >= 0.3 is 0 Å². The molecule has 8 nitrogen and oxygen atoms in total. The second-order valence-corrected chi connectivity index (χ2v) is 13.0. The van der Waals surface area contributed by atoms with Gasteiger partial charge in [0.15, 0.2) is 0 Å². The summed E-state index contributed by atoms with van der Waals surface area (Å²) in [5.74, 6) is 0.566. The third-order valence-electron chi connectivity index (χ3n) is 7.45. The number of hydrogen-bond donors (Lipinski definition) is 1. The van der Waals surface area contributed by atoms with Crippen LogP contribution in [-0.4, -0.2) is 56.2 Å². The first-order valence-corrected chi connectivity index (χ1v) is 16.0. The lowest BCUT2D eigenvalue weighted by Crippen LogP contribution is -2.44. The van der Waals surface area contributed by atoms with Crippen molar-refractivity contribution in [2.24, 2.45) is 5.92 Å². The summed E-state index contributed by atoms with van der Waals surface area (Å²) in [6.45, 7) is 5.90. The molecule has 1 fully saturated rings. The van der Waals surface area contributed by atoms with Crippen molar-refractivity contribution in [2.75, 3.05) is 26.7 Å². The molecule has 1 heterocycles. The van der Waals surface area contributed by atoms with Crippen LogP contribution in [0.4, 0.5) is 0 Å². The molecule has 224 valence electrons. The minimum atomic E-state index is -3.50. The van der Waals surface area contributed by atoms with Crippen molar-refractivity contribution in [1.29, 1.82) is 0 Å². The van der Waals surface area contributed by atoms with Gasteiger partial charge in [-0.3, -0.25) is 9.59 Å². The maximum atomic E-state index is 13.9. The van der Waals surface area contributed by atoms with Gasteiger partial charge in [-0.15, -0.1) is 0 Å². The Hall–Kier alpha value is -3.69. The molecule has 0 unspecified atom stereocenters. The van der Waals surface area contributed by atoms with E-state index in [0.29, 0.717) is 31.8 Å². The lowest BCUT2D eigenvalue weighted by atomic mass is 10.0. The zero-order valence-corrected chi connectivity index (χ0v) is 25.5. The van der Waals surface area contributed by atoms with Gasteiger partial charge < -0.3 is 15.0 Å². The van der Waals surface area contributed by atoms with Crippen LogP contribution >= 0.6 is 0 Å². The number of aryl methyl sites for hydroxylation is 1. The summed E-state index contributed by atoms with van der Waals surface area (Å²) in [5.41, 5.74) is 2.46. The van der Waals surface area contributed by atoms with Crippen LogP contribution in [0.1, 0.15) is 55.8 Å². The van der Waals surface area contributed by atoms with Crippen molar-refractivity contribution in [3.05, 3.63) is 95.6 Å². The molecule has 3 aromatic rings. The number of ether oxygens (including phenoxy) is 1. The molecule has 42 heavy (non-hydrogen) atoms. The quantitative estimate of drug-likeness (QED) is 0.303. The zero-order chi connectivity index (χ0) is 30.1. The highest BCUT2D eigenvalue weighted by molar-refractivity contribution is 7.89. The molecule has 0 spiro atoms. The Morgan fingerprint density at radius 2 is 1.52 bits per heavy atom. The molecule has 9 heteroatoms. The Balaban J connectivity index is 1.57. The second-order valence-electron chi connectivity index (χ2n) is 11.1. The molecule has 2 amide bonds. The summed E-state index contributed by atoms with van der Waals surface area (Å²) in [5, 5.41) is 3.02. The van der Waals surface area contributed by atoms with Gasteiger partial charge in [-0.1, -0.05) is 68.4 Å². The molecule has 0 radical (unpaired) electrons. The Morgan fingerprint density at radius 3 is 2.12 bits per heavy atom. The maximum Gasteiger partial charge on any atom is 0.247 e. The number of carbonyl (C=O) groups is 2. The monoisotopic (exact) mass is 591 g/mol. The lowest BCUT2D eigenvalue weighted by molar-refractivity contribution is -0.141. The van der Waals surface area contributed by atoms with Crippen LogP contribution < -0.4 is 10.1 Å². The van der Waals surface area contributed by atoms with Crippen LogP contribution in [0.2, 0.25) is 0 Å². The van der Waals surface area contributed by atoms with E-state index in [4.69, 9.17) is 4.74 Å². The minimum Gasteiger partial charge on any atom is -0.497 e. The first-order valence-electron chi connectivity index (χ1n) is 14.5. The average molecular weight is 592 g/mol. The fourth-order valence-corrected chi connectivity index (χ4v) is 6.58. The number of carbonyl (C=O) groups excluding carboxylic acids is 2. The fraction of sp³-hybridized carbons (Fsp3) is 0.394. The fourth-order valence-electron chi connectivity index (χ4n) is 5.06. The number of nitrogens with zero attached hydrogens (tertiary/aromatic N) is 2. The van der Waals surface area contributed by atoms with E-state index in [1.807, 2.05) is 68.4 Å². The number of benzene rings is 3. The van der Waals surface area contributed by atoms with Crippen molar-refractivity contribution < 1.29 is 22.7 Å². The number of hydrogen-bond acceptors (Lipinski definition) is 5. The number of methoxy groups -OCH3 is 1. The predicted molar refractivity (Wildman–Crippen MR) is 163 cm³/mol. The third-order valence-corrected chi connectivity index (χ3v) is 9.36. The van der Waals surface area contributed by atoms with Gasteiger partial charge in [0.2, 0.25) is 21.8 Å². The van der Waals surface area contributed by atoms with E-state index in [1.165, 1.54) is 4.31 Å². The summed E-state index contributed by atoms with van der Waals surface area (Å²) in [6.07, 6.45) is 2.34. The van der Waals surface area contributed by atoms with E-state index in [9.17, 15) is 18.0 Å². The zero-order valence-electron chi connectivity index (χ0n) is 24.7. The molecule has 1 aliphatic heterocycles. The van der Waals surface area contributed by atoms with Crippen molar-refractivity contribution >= 4 is 21.8 Å². The molecule has 1 saturated heterocycles. The van der Waals surface area contributed by atoms with Gasteiger partial charge in [0.25, 0.3) is 0 Å². The SMILES string of the molecule is COc1ccc(CN(C(=O)CCc2ccc(S(=O)(=O)N3CCCC3)cc2)[C@@H](C(=O)NCC(C)C)c2ccccc2)cc1. The van der Waals surface area contributed by atoms with Gasteiger partial charge in [0, 0.05) is 32.6 Å². The van der Waals surface area contributed by atoms with E-state index < -0.39 is 16.1 Å². The van der Waals surface area contributed by atoms with Gasteiger partial charge in [0.05, 0.1) is 12.0 Å². The molecule has 1 atom stereocenters. The van der Waals surface area contributed by atoms with E-state index in [2.05, 4.69) is 5.32 Å². The van der Waals surface area contributed by atoms with E-state index in [1.54, 1.807) is 36.3 Å². The lowest BCUT2D eigenvalue weighted by Gasteiger charge is -2.32. The van der Waals surface area contributed by atoms with Gasteiger partial charge in [-0.25, -0.2) is 8.42 Å². The molecule has 0 saturated carbocycles. The summed E-state index contributed by atoms with van der Waals surface area (Å²) < 4.78 is 32.6. The molecule has 4 rings (SSSR count). The molecule has 1 aliphatic rings. The number of amides is 2. The molecular formula is C33H41N3O5S. The van der Waals surface area contributed by atoms with E-state index >= 15 is 0 Å². The minimum absolute atomic E-state index is 0.162. The summed E-state index contributed by atoms with van der Waals surface area (Å²) >= 11 is 0. The average Bonchev–Trinajstić information content (AvgIpc) is 3.56.